The van der Waals surface area contributed by atoms with Crippen molar-refractivity contribution in [1.82, 2.24) is 20.1 Å². The number of halogens is 2. The SMILES string of the molecule is CN=C(NCc1ccnc(N2CCN(C)CC2)c1)N(C)Cc1ccc(F)cc1.I. The molecular weight excluding hydrogens is 482 g/mol. The van der Waals surface area contributed by atoms with E-state index in [1.165, 1.54) is 17.7 Å². The van der Waals surface area contributed by atoms with Crippen LogP contribution in [0, 0.1) is 5.82 Å². The second-order valence-electron chi connectivity index (χ2n) is 7.20. The number of nitrogens with zero attached hydrogens (tertiary/aromatic N) is 5. The van der Waals surface area contributed by atoms with Crippen molar-refractivity contribution in [1.29, 1.82) is 0 Å². The van der Waals surface area contributed by atoms with Crippen LogP contribution in [0.25, 0.3) is 0 Å². The number of nitrogens with one attached hydrogen (secondary N) is 1. The highest BCUT2D eigenvalue weighted by Gasteiger charge is 2.15. The lowest BCUT2D eigenvalue weighted by molar-refractivity contribution is 0.312. The predicted octanol–water partition coefficient (Wildman–Crippen LogP) is 2.80. The van der Waals surface area contributed by atoms with Gasteiger partial charge in [-0.3, -0.25) is 4.99 Å². The smallest absolute Gasteiger partial charge is 0.193 e. The molecule has 2 aromatic rings. The summed E-state index contributed by atoms with van der Waals surface area (Å²) in [5.74, 6) is 1.60. The maximum Gasteiger partial charge on any atom is 0.193 e. The summed E-state index contributed by atoms with van der Waals surface area (Å²) in [6.45, 7) is 5.45. The van der Waals surface area contributed by atoms with E-state index in [0.29, 0.717) is 13.1 Å². The van der Waals surface area contributed by atoms with Crippen molar-refractivity contribution in [3.8, 4) is 0 Å². The number of guanidine groups is 1. The summed E-state index contributed by atoms with van der Waals surface area (Å²) in [4.78, 5) is 15.6. The molecule has 1 fully saturated rings. The molecule has 0 bridgehead atoms. The molecule has 158 valence electrons. The Kier molecular flexibility index (Phi) is 9.09. The summed E-state index contributed by atoms with van der Waals surface area (Å²) in [7, 11) is 5.89. The molecule has 0 aliphatic carbocycles. The van der Waals surface area contributed by atoms with Gasteiger partial charge in [0, 0.05) is 59.6 Å². The van der Waals surface area contributed by atoms with Crippen molar-refractivity contribution in [2.45, 2.75) is 13.1 Å². The Hall–Kier alpha value is -1.94. The van der Waals surface area contributed by atoms with Gasteiger partial charge in [0.1, 0.15) is 11.6 Å². The third-order valence-corrected chi connectivity index (χ3v) is 4.99. The molecular formula is C21H30FIN6. The molecule has 0 atom stereocenters. The maximum absolute atomic E-state index is 13.1. The number of rotatable bonds is 5. The molecule has 1 aliphatic heterocycles. The molecule has 1 aromatic carbocycles. The summed E-state index contributed by atoms with van der Waals surface area (Å²) in [6.07, 6.45) is 1.87. The number of aromatic nitrogens is 1. The number of benzene rings is 1. The zero-order valence-corrected chi connectivity index (χ0v) is 19.6. The second-order valence-corrected chi connectivity index (χ2v) is 7.20. The summed E-state index contributed by atoms with van der Waals surface area (Å²) < 4.78 is 13.1. The number of anilines is 1. The summed E-state index contributed by atoms with van der Waals surface area (Å²) in [6, 6.07) is 10.7. The zero-order valence-electron chi connectivity index (χ0n) is 17.3. The van der Waals surface area contributed by atoms with Crippen molar-refractivity contribution >= 4 is 35.8 Å². The number of hydrogen-bond donors (Lipinski definition) is 1. The first-order chi connectivity index (χ1) is 13.5. The van der Waals surface area contributed by atoms with Gasteiger partial charge < -0.3 is 20.0 Å². The van der Waals surface area contributed by atoms with Gasteiger partial charge in [0.05, 0.1) is 0 Å². The Bertz CT molecular complexity index is 790. The fourth-order valence-electron chi connectivity index (χ4n) is 3.28. The second kappa shape index (κ2) is 11.3. The zero-order chi connectivity index (χ0) is 19.9. The average Bonchev–Trinajstić information content (AvgIpc) is 2.71. The van der Waals surface area contributed by atoms with Crippen molar-refractivity contribution in [2.24, 2.45) is 4.99 Å². The first kappa shape index (κ1) is 23.3. The summed E-state index contributed by atoms with van der Waals surface area (Å²) >= 11 is 0. The van der Waals surface area contributed by atoms with Crippen LogP contribution >= 0.6 is 24.0 Å². The Morgan fingerprint density at radius 3 is 2.48 bits per heavy atom. The van der Waals surface area contributed by atoms with Gasteiger partial charge in [-0.15, -0.1) is 24.0 Å². The lowest BCUT2D eigenvalue weighted by atomic mass is 10.2. The third kappa shape index (κ3) is 6.81. The van der Waals surface area contributed by atoms with Gasteiger partial charge in [0.2, 0.25) is 0 Å². The molecule has 0 unspecified atom stereocenters. The highest BCUT2D eigenvalue weighted by molar-refractivity contribution is 14.0. The van der Waals surface area contributed by atoms with Crippen LogP contribution < -0.4 is 10.2 Å². The molecule has 1 aliphatic rings. The molecule has 1 saturated heterocycles. The Morgan fingerprint density at radius 1 is 1.14 bits per heavy atom. The van der Waals surface area contributed by atoms with Crippen LogP contribution in [0.3, 0.4) is 0 Å². The maximum atomic E-state index is 13.1. The molecule has 1 aromatic heterocycles. The molecule has 0 spiro atoms. The number of pyridine rings is 1. The van der Waals surface area contributed by atoms with Gasteiger partial charge in [-0.1, -0.05) is 12.1 Å². The standard InChI is InChI=1S/C21H29FN6.HI/c1-23-21(27(3)16-17-4-6-19(22)7-5-17)25-15-18-8-9-24-20(14-18)28-12-10-26(2)11-13-28;/h4-9,14H,10-13,15-16H2,1-3H3,(H,23,25);1H. The number of aliphatic imine (C=N–C) groups is 1. The molecule has 8 heteroatoms. The first-order valence-corrected chi connectivity index (χ1v) is 9.60. The van der Waals surface area contributed by atoms with Gasteiger partial charge in [0.25, 0.3) is 0 Å². The van der Waals surface area contributed by atoms with Crippen LogP contribution in [0.4, 0.5) is 10.2 Å². The van der Waals surface area contributed by atoms with E-state index in [1.54, 1.807) is 19.2 Å². The quantitative estimate of drug-likeness (QED) is 0.380. The van der Waals surface area contributed by atoms with Gasteiger partial charge in [-0.05, 0) is 42.4 Å². The number of piperazine rings is 1. The molecule has 0 radical (unpaired) electrons. The van der Waals surface area contributed by atoms with E-state index >= 15 is 0 Å². The van der Waals surface area contributed by atoms with E-state index in [9.17, 15) is 4.39 Å². The highest BCUT2D eigenvalue weighted by Crippen LogP contribution is 2.15. The van der Waals surface area contributed by atoms with Crippen LogP contribution in [0.2, 0.25) is 0 Å². The normalized spacial score (nSPS) is 15.0. The van der Waals surface area contributed by atoms with Gasteiger partial charge >= 0.3 is 0 Å². The van der Waals surface area contributed by atoms with Crippen molar-refractivity contribution in [3.63, 3.8) is 0 Å². The van der Waals surface area contributed by atoms with E-state index in [2.05, 4.69) is 38.2 Å². The highest BCUT2D eigenvalue weighted by atomic mass is 127. The van der Waals surface area contributed by atoms with E-state index in [4.69, 9.17) is 0 Å². The predicted molar refractivity (Wildman–Crippen MR) is 127 cm³/mol. The fraction of sp³-hybridized carbons (Fsp3) is 0.429. The third-order valence-electron chi connectivity index (χ3n) is 4.99. The van der Waals surface area contributed by atoms with Crippen molar-refractivity contribution in [3.05, 3.63) is 59.5 Å². The van der Waals surface area contributed by atoms with Gasteiger partial charge in [0.15, 0.2) is 5.96 Å². The lowest BCUT2D eigenvalue weighted by Crippen LogP contribution is -2.44. The number of likely N-dealkylation sites (N-methyl/N-ethyl adjacent to an activating group) is 1. The minimum atomic E-state index is -0.220. The van der Waals surface area contributed by atoms with Crippen molar-refractivity contribution in [2.75, 3.05) is 52.2 Å². The monoisotopic (exact) mass is 512 g/mol. The Morgan fingerprint density at radius 2 is 1.83 bits per heavy atom. The molecule has 0 amide bonds. The van der Waals surface area contributed by atoms with Crippen LogP contribution in [-0.4, -0.2) is 68.1 Å². The molecule has 6 nitrogen and oxygen atoms in total. The van der Waals surface area contributed by atoms with E-state index in [1.807, 2.05) is 24.2 Å². The largest absolute Gasteiger partial charge is 0.354 e. The van der Waals surface area contributed by atoms with E-state index in [0.717, 1.165) is 43.5 Å². The minimum absolute atomic E-state index is 0. The molecule has 2 heterocycles. The van der Waals surface area contributed by atoms with E-state index in [-0.39, 0.29) is 29.8 Å². The molecule has 29 heavy (non-hydrogen) atoms. The Labute approximate surface area is 189 Å². The summed E-state index contributed by atoms with van der Waals surface area (Å²) in [5, 5.41) is 3.40. The van der Waals surface area contributed by atoms with Gasteiger partial charge in [-0.25, -0.2) is 9.37 Å². The Balaban J connectivity index is 0.00000300. The van der Waals surface area contributed by atoms with Crippen LogP contribution in [0.15, 0.2) is 47.6 Å². The van der Waals surface area contributed by atoms with Crippen LogP contribution in [-0.2, 0) is 13.1 Å². The average molecular weight is 512 g/mol. The van der Waals surface area contributed by atoms with Crippen LogP contribution in [0.5, 0.6) is 0 Å². The minimum Gasteiger partial charge on any atom is -0.354 e. The molecule has 1 N–H and O–H groups in total. The fourth-order valence-corrected chi connectivity index (χ4v) is 3.28. The lowest BCUT2D eigenvalue weighted by Gasteiger charge is -2.33. The number of hydrogen-bond acceptors (Lipinski definition) is 4. The molecule has 3 rings (SSSR count). The van der Waals surface area contributed by atoms with Gasteiger partial charge in [-0.2, -0.15) is 0 Å². The summed E-state index contributed by atoms with van der Waals surface area (Å²) in [5.41, 5.74) is 2.20. The van der Waals surface area contributed by atoms with Crippen LogP contribution in [0.1, 0.15) is 11.1 Å². The van der Waals surface area contributed by atoms with Crippen molar-refractivity contribution < 1.29 is 4.39 Å². The molecule has 0 saturated carbocycles. The van der Waals surface area contributed by atoms with E-state index < -0.39 is 0 Å². The topological polar surface area (TPSA) is 47.0 Å². The first-order valence-electron chi connectivity index (χ1n) is 9.60.